The van der Waals surface area contributed by atoms with Gasteiger partial charge in [0.2, 0.25) is 0 Å². The van der Waals surface area contributed by atoms with Crippen molar-refractivity contribution in [3.63, 3.8) is 0 Å². The van der Waals surface area contributed by atoms with E-state index in [1.807, 2.05) is 0 Å². The van der Waals surface area contributed by atoms with Crippen molar-refractivity contribution in [2.75, 3.05) is 7.11 Å². The molecule has 2 aromatic rings. The number of rotatable bonds is 2. The van der Waals surface area contributed by atoms with E-state index in [0.717, 1.165) is 6.07 Å². The van der Waals surface area contributed by atoms with Crippen LogP contribution < -0.4 is 4.74 Å². The van der Waals surface area contributed by atoms with Gasteiger partial charge in [-0.15, -0.1) is 0 Å². The standard InChI is InChI=1S/C16H16O7/c1-22-16(8-2-3-11(18)13(20)4-8)15(21)7-10-12(19)5-9(17)6-14(10)23-16/h2-6,15,17-21H,7H2,1H3. The molecular weight excluding hydrogens is 304 g/mol. The second kappa shape index (κ2) is 5.22. The number of ether oxygens (including phenoxy) is 2. The average molecular weight is 320 g/mol. The molecule has 23 heavy (non-hydrogen) atoms. The number of aromatic hydroxyl groups is 4. The lowest BCUT2D eigenvalue weighted by Crippen LogP contribution is -2.50. The van der Waals surface area contributed by atoms with Crippen LogP contribution in [0.4, 0.5) is 0 Å². The molecule has 7 heteroatoms. The van der Waals surface area contributed by atoms with Crippen LogP contribution in [-0.4, -0.2) is 38.7 Å². The summed E-state index contributed by atoms with van der Waals surface area (Å²) in [4.78, 5) is 0. The Kier molecular flexibility index (Phi) is 3.46. The quantitative estimate of drug-likeness (QED) is 0.529. The minimum Gasteiger partial charge on any atom is -0.508 e. The first kappa shape index (κ1) is 15.3. The number of aliphatic hydroxyl groups excluding tert-OH is 1. The number of hydrogen-bond donors (Lipinski definition) is 5. The number of methoxy groups -OCH3 is 1. The van der Waals surface area contributed by atoms with Gasteiger partial charge in [-0.1, -0.05) is 0 Å². The zero-order valence-electron chi connectivity index (χ0n) is 12.2. The predicted octanol–water partition coefficient (Wildman–Crippen LogP) is 1.30. The maximum atomic E-state index is 10.5. The molecule has 0 bridgehead atoms. The molecule has 0 saturated heterocycles. The fourth-order valence-electron chi connectivity index (χ4n) is 2.76. The molecule has 0 spiro atoms. The van der Waals surface area contributed by atoms with Gasteiger partial charge in [-0.3, -0.25) is 0 Å². The fraction of sp³-hybridized carbons (Fsp3) is 0.250. The first-order valence-corrected chi connectivity index (χ1v) is 6.87. The zero-order chi connectivity index (χ0) is 16.8. The average Bonchev–Trinajstić information content (AvgIpc) is 2.50. The minimum atomic E-state index is -1.65. The van der Waals surface area contributed by atoms with Gasteiger partial charge >= 0.3 is 0 Å². The molecule has 7 nitrogen and oxygen atoms in total. The fourth-order valence-corrected chi connectivity index (χ4v) is 2.76. The molecule has 1 aliphatic heterocycles. The van der Waals surface area contributed by atoms with Crippen LogP contribution in [0.25, 0.3) is 0 Å². The number of phenols is 4. The van der Waals surface area contributed by atoms with Crippen molar-refractivity contribution in [2.24, 2.45) is 0 Å². The Bertz CT molecular complexity index is 758. The molecule has 0 fully saturated rings. The van der Waals surface area contributed by atoms with Crippen molar-refractivity contribution < 1.29 is 35.0 Å². The van der Waals surface area contributed by atoms with Gasteiger partial charge in [0.15, 0.2) is 11.5 Å². The highest BCUT2D eigenvalue weighted by molar-refractivity contribution is 5.52. The van der Waals surface area contributed by atoms with Gasteiger partial charge in [0, 0.05) is 36.8 Å². The van der Waals surface area contributed by atoms with Crippen molar-refractivity contribution >= 4 is 0 Å². The van der Waals surface area contributed by atoms with E-state index < -0.39 is 11.9 Å². The topological polar surface area (TPSA) is 120 Å². The van der Waals surface area contributed by atoms with Crippen molar-refractivity contribution in [3.05, 3.63) is 41.5 Å². The van der Waals surface area contributed by atoms with Crippen molar-refractivity contribution in [1.82, 2.24) is 0 Å². The van der Waals surface area contributed by atoms with E-state index in [9.17, 15) is 25.5 Å². The van der Waals surface area contributed by atoms with Crippen LogP contribution >= 0.6 is 0 Å². The Hall–Kier alpha value is -2.64. The summed E-state index contributed by atoms with van der Waals surface area (Å²) in [5.74, 6) is -2.60. The van der Waals surface area contributed by atoms with Crippen LogP contribution in [-0.2, 0) is 16.9 Å². The first-order valence-electron chi connectivity index (χ1n) is 6.87. The number of phenolic OH excluding ortho intramolecular Hbond substituents is 4. The van der Waals surface area contributed by atoms with Crippen LogP contribution in [0.2, 0.25) is 0 Å². The number of fused-ring (bicyclic) bond motifs is 1. The molecule has 2 aromatic carbocycles. The molecule has 2 atom stereocenters. The highest BCUT2D eigenvalue weighted by atomic mass is 16.7. The number of aliphatic hydroxyl groups is 1. The van der Waals surface area contributed by atoms with Crippen molar-refractivity contribution in [1.29, 1.82) is 0 Å². The molecule has 1 heterocycles. The van der Waals surface area contributed by atoms with Gasteiger partial charge in [-0.2, -0.15) is 0 Å². The Morgan fingerprint density at radius 2 is 1.78 bits per heavy atom. The van der Waals surface area contributed by atoms with Gasteiger partial charge < -0.3 is 35.0 Å². The monoisotopic (exact) mass is 320 g/mol. The van der Waals surface area contributed by atoms with E-state index in [0.29, 0.717) is 5.56 Å². The third-order valence-corrected chi connectivity index (χ3v) is 3.95. The summed E-state index contributed by atoms with van der Waals surface area (Å²) in [7, 11) is 1.32. The van der Waals surface area contributed by atoms with Crippen molar-refractivity contribution in [3.8, 4) is 28.7 Å². The number of benzene rings is 2. The molecule has 0 radical (unpaired) electrons. The molecule has 122 valence electrons. The van der Waals surface area contributed by atoms with E-state index in [1.165, 1.54) is 31.4 Å². The third-order valence-electron chi connectivity index (χ3n) is 3.95. The maximum Gasteiger partial charge on any atom is 0.263 e. The number of hydrogen-bond acceptors (Lipinski definition) is 7. The predicted molar refractivity (Wildman–Crippen MR) is 78.6 cm³/mol. The van der Waals surface area contributed by atoms with Crippen LogP contribution in [0, 0.1) is 0 Å². The molecule has 0 aliphatic carbocycles. The van der Waals surface area contributed by atoms with Gasteiger partial charge in [-0.25, -0.2) is 0 Å². The summed E-state index contributed by atoms with van der Waals surface area (Å²) in [5.41, 5.74) is 0.613. The van der Waals surface area contributed by atoms with Crippen LogP contribution in [0.5, 0.6) is 28.7 Å². The van der Waals surface area contributed by atoms with Crippen LogP contribution in [0.15, 0.2) is 30.3 Å². The van der Waals surface area contributed by atoms with Crippen molar-refractivity contribution in [2.45, 2.75) is 18.3 Å². The SMILES string of the molecule is COC1(c2ccc(O)c(O)c2)Oc2cc(O)cc(O)c2CC1O. The second-order valence-corrected chi connectivity index (χ2v) is 5.34. The molecule has 1 aliphatic rings. The van der Waals surface area contributed by atoms with Gasteiger partial charge in [0.25, 0.3) is 5.79 Å². The van der Waals surface area contributed by atoms with E-state index in [1.54, 1.807) is 0 Å². The minimum absolute atomic E-state index is 0.0108. The Morgan fingerprint density at radius 1 is 1.04 bits per heavy atom. The summed E-state index contributed by atoms with van der Waals surface area (Å²) < 4.78 is 11.1. The lowest BCUT2D eigenvalue weighted by atomic mass is 9.90. The lowest BCUT2D eigenvalue weighted by molar-refractivity contribution is -0.241. The zero-order valence-corrected chi connectivity index (χ0v) is 12.2. The second-order valence-electron chi connectivity index (χ2n) is 5.34. The summed E-state index contributed by atoms with van der Waals surface area (Å²) in [6.45, 7) is 0. The van der Waals surface area contributed by atoms with E-state index in [2.05, 4.69) is 0 Å². The molecule has 2 unspecified atom stereocenters. The largest absolute Gasteiger partial charge is 0.508 e. The summed E-state index contributed by atoms with van der Waals surface area (Å²) in [6.07, 6.45) is -1.18. The molecular formula is C16H16O7. The van der Waals surface area contributed by atoms with Crippen LogP contribution in [0.1, 0.15) is 11.1 Å². The van der Waals surface area contributed by atoms with E-state index in [-0.39, 0.29) is 40.7 Å². The molecule has 5 N–H and O–H groups in total. The summed E-state index contributed by atoms with van der Waals surface area (Å²) in [6, 6.07) is 6.36. The molecule has 0 amide bonds. The van der Waals surface area contributed by atoms with E-state index in [4.69, 9.17) is 9.47 Å². The molecule has 0 aromatic heterocycles. The Morgan fingerprint density at radius 3 is 2.43 bits per heavy atom. The summed E-state index contributed by atoms with van der Waals surface area (Å²) in [5, 5.41) is 49.1. The Balaban J connectivity index is 2.13. The van der Waals surface area contributed by atoms with Crippen LogP contribution in [0.3, 0.4) is 0 Å². The van der Waals surface area contributed by atoms with Gasteiger partial charge in [0.05, 0.1) is 0 Å². The first-order chi connectivity index (χ1) is 10.9. The van der Waals surface area contributed by atoms with Gasteiger partial charge in [0.1, 0.15) is 23.4 Å². The summed E-state index contributed by atoms with van der Waals surface area (Å²) >= 11 is 0. The lowest BCUT2D eigenvalue weighted by Gasteiger charge is -2.41. The Labute approximate surface area is 131 Å². The van der Waals surface area contributed by atoms with Gasteiger partial charge in [-0.05, 0) is 18.2 Å². The van der Waals surface area contributed by atoms with E-state index >= 15 is 0 Å². The highest BCUT2D eigenvalue weighted by Crippen LogP contribution is 2.46. The molecule has 0 saturated carbocycles. The third kappa shape index (κ3) is 2.30. The highest BCUT2D eigenvalue weighted by Gasteiger charge is 2.47. The smallest absolute Gasteiger partial charge is 0.263 e. The molecule has 3 rings (SSSR count). The maximum absolute atomic E-state index is 10.5. The normalized spacial score (nSPS) is 23.1.